The maximum Gasteiger partial charge on any atom is 0.135 e. The number of nitrogens with one attached hydrogen (secondary N) is 2. The Kier molecular flexibility index (Phi) is 2.91. The van der Waals surface area contributed by atoms with Gasteiger partial charge in [0.2, 0.25) is 0 Å². The monoisotopic (exact) mass is 374 g/mol. The molecule has 2 aromatic heterocycles. The summed E-state index contributed by atoms with van der Waals surface area (Å²) in [5.41, 5.74) is 8.14. The Labute approximate surface area is 166 Å². The molecule has 0 amide bonds. The fraction of sp³-hybridized carbons (Fsp3) is 0.0769. The highest BCUT2D eigenvalue weighted by atomic mass is 16.3. The van der Waals surface area contributed by atoms with Gasteiger partial charge in [0.25, 0.3) is 0 Å². The van der Waals surface area contributed by atoms with Crippen LogP contribution in [0.4, 0.5) is 0 Å². The van der Waals surface area contributed by atoms with E-state index in [4.69, 9.17) is 4.42 Å². The molecule has 1 aliphatic heterocycles. The zero-order chi connectivity index (χ0) is 18.9. The first-order chi connectivity index (χ1) is 14.4. The van der Waals surface area contributed by atoms with E-state index in [-0.39, 0.29) is 0 Å². The molecular formula is C26H18N2O. The SMILES string of the molecule is c1ccc2c(c1)[nH]c1c(C3CN3)ccc(-c3ccc4oc5ccccc5c4c3)c12. The van der Waals surface area contributed by atoms with E-state index in [2.05, 4.69) is 77.0 Å². The average molecular weight is 374 g/mol. The summed E-state index contributed by atoms with van der Waals surface area (Å²) in [5, 5.41) is 8.37. The molecule has 1 atom stereocenters. The number of para-hydroxylation sites is 2. The number of aromatic nitrogens is 1. The Hall–Kier alpha value is -3.56. The predicted octanol–water partition coefficient (Wildman–Crippen LogP) is 6.53. The lowest BCUT2D eigenvalue weighted by molar-refractivity contribution is 0.669. The number of furan rings is 1. The van der Waals surface area contributed by atoms with Gasteiger partial charge in [0.1, 0.15) is 11.2 Å². The van der Waals surface area contributed by atoms with Crippen molar-refractivity contribution >= 4 is 43.7 Å². The van der Waals surface area contributed by atoms with Crippen molar-refractivity contribution in [2.45, 2.75) is 6.04 Å². The quantitative estimate of drug-likeness (QED) is 0.338. The van der Waals surface area contributed by atoms with Gasteiger partial charge in [-0.05, 0) is 41.0 Å². The lowest BCUT2D eigenvalue weighted by Gasteiger charge is -2.08. The van der Waals surface area contributed by atoms with E-state index in [1.807, 2.05) is 12.1 Å². The molecule has 0 saturated carbocycles. The summed E-state index contributed by atoms with van der Waals surface area (Å²) in [6.07, 6.45) is 0. The van der Waals surface area contributed by atoms with Gasteiger partial charge >= 0.3 is 0 Å². The van der Waals surface area contributed by atoms with Crippen LogP contribution in [0.3, 0.4) is 0 Å². The molecule has 2 N–H and O–H groups in total. The van der Waals surface area contributed by atoms with E-state index in [0.717, 1.165) is 17.7 Å². The van der Waals surface area contributed by atoms with E-state index < -0.39 is 0 Å². The first kappa shape index (κ1) is 15.4. The first-order valence-corrected chi connectivity index (χ1v) is 10.1. The molecule has 3 nitrogen and oxygen atoms in total. The summed E-state index contributed by atoms with van der Waals surface area (Å²) in [6.45, 7) is 1.05. The molecular weight excluding hydrogens is 356 g/mol. The number of hydrogen-bond donors (Lipinski definition) is 2. The third kappa shape index (κ3) is 2.16. The van der Waals surface area contributed by atoms with Crippen LogP contribution in [0.2, 0.25) is 0 Å². The fourth-order valence-corrected chi connectivity index (χ4v) is 4.68. The summed E-state index contributed by atoms with van der Waals surface area (Å²) in [6, 6.07) is 28.4. The van der Waals surface area contributed by atoms with Crippen LogP contribution in [0.5, 0.6) is 0 Å². The van der Waals surface area contributed by atoms with Gasteiger partial charge in [0.05, 0.1) is 5.52 Å². The highest BCUT2D eigenvalue weighted by molar-refractivity contribution is 6.16. The van der Waals surface area contributed by atoms with Gasteiger partial charge in [0, 0.05) is 39.6 Å². The van der Waals surface area contributed by atoms with Gasteiger partial charge in [-0.3, -0.25) is 0 Å². The molecule has 0 spiro atoms. The standard InChI is InChI=1S/C26H18N2O/c1-3-7-21-18(6-1)25-16(10-11-19(22-14-27-22)26(25)28-21)15-9-12-24-20(13-15)17-5-2-4-8-23(17)29-24/h1-13,22,27-28H,14H2. The highest BCUT2D eigenvalue weighted by Gasteiger charge is 2.26. The number of hydrogen-bond acceptors (Lipinski definition) is 2. The molecule has 0 bridgehead atoms. The second-order valence-electron chi connectivity index (χ2n) is 7.89. The van der Waals surface area contributed by atoms with Crippen LogP contribution in [0.25, 0.3) is 54.9 Å². The van der Waals surface area contributed by atoms with E-state index in [1.54, 1.807) is 0 Å². The number of aromatic amines is 1. The summed E-state index contributed by atoms with van der Waals surface area (Å²) >= 11 is 0. The van der Waals surface area contributed by atoms with Gasteiger partial charge < -0.3 is 14.7 Å². The smallest absolute Gasteiger partial charge is 0.135 e. The van der Waals surface area contributed by atoms with Crippen molar-refractivity contribution in [3.8, 4) is 11.1 Å². The normalized spacial score (nSPS) is 16.3. The Morgan fingerprint density at radius 2 is 1.55 bits per heavy atom. The Morgan fingerprint density at radius 1 is 0.759 bits per heavy atom. The predicted molar refractivity (Wildman–Crippen MR) is 119 cm³/mol. The van der Waals surface area contributed by atoms with E-state index in [9.17, 15) is 0 Å². The summed E-state index contributed by atoms with van der Waals surface area (Å²) in [4.78, 5) is 3.68. The maximum absolute atomic E-state index is 6.03. The van der Waals surface area contributed by atoms with Gasteiger partial charge in [-0.25, -0.2) is 0 Å². The van der Waals surface area contributed by atoms with E-state index in [0.29, 0.717) is 6.04 Å². The van der Waals surface area contributed by atoms with Crippen molar-refractivity contribution in [2.75, 3.05) is 6.54 Å². The number of rotatable bonds is 2. The number of H-pyrrole nitrogens is 1. The molecule has 1 aliphatic rings. The van der Waals surface area contributed by atoms with Crippen molar-refractivity contribution in [2.24, 2.45) is 0 Å². The van der Waals surface area contributed by atoms with Crippen molar-refractivity contribution in [1.82, 2.24) is 10.3 Å². The van der Waals surface area contributed by atoms with Gasteiger partial charge in [-0.15, -0.1) is 0 Å². The van der Waals surface area contributed by atoms with Crippen molar-refractivity contribution in [3.63, 3.8) is 0 Å². The zero-order valence-corrected chi connectivity index (χ0v) is 15.7. The first-order valence-electron chi connectivity index (χ1n) is 10.1. The molecule has 0 aliphatic carbocycles. The van der Waals surface area contributed by atoms with E-state index in [1.165, 1.54) is 49.3 Å². The van der Waals surface area contributed by atoms with Crippen LogP contribution in [0.1, 0.15) is 11.6 Å². The second kappa shape index (κ2) is 5.49. The van der Waals surface area contributed by atoms with Crippen LogP contribution < -0.4 is 5.32 Å². The summed E-state index contributed by atoms with van der Waals surface area (Å²) < 4.78 is 6.03. The third-order valence-electron chi connectivity index (χ3n) is 6.17. The van der Waals surface area contributed by atoms with Crippen LogP contribution in [-0.2, 0) is 0 Å². The molecule has 0 radical (unpaired) electrons. The molecule has 6 aromatic rings. The second-order valence-corrected chi connectivity index (χ2v) is 7.89. The molecule has 29 heavy (non-hydrogen) atoms. The Morgan fingerprint density at radius 3 is 2.45 bits per heavy atom. The van der Waals surface area contributed by atoms with Crippen LogP contribution in [0, 0.1) is 0 Å². The minimum Gasteiger partial charge on any atom is -0.456 e. The average Bonchev–Trinajstić information content (AvgIpc) is 3.43. The minimum atomic E-state index is 0.458. The Bertz CT molecular complexity index is 1570. The molecule has 3 heteroatoms. The fourth-order valence-electron chi connectivity index (χ4n) is 4.68. The van der Waals surface area contributed by atoms with Crippen LogP contribution in [0.15, 0.2) is 83.3 Å². The van der Waals surface area contributed by atoms with E-state index >= 15 is 0 Å². The molecule has 3 heterocycles. The molecule has 1 unspecified atom stereocenters. The maximum atomic E-state index is 6.03. The number of benzene rings is 4. The summed E-state index contributed by atoms with van der Waals surface area (Å²) in [5.74, 6) is 0. The van der Waals surface area contributed by atoms with Gasteiger partial charge in [-0.1, -0.05) is 54.6 Å². The van der Waals surface area contributed by atoms with Gasteiger partial charge in [-0.2, -0.15) is 0 Å². The zero-order valence-electron chi connectivity index (χ0n) is 15.7. The highest BCUT2D eigenvalue weighted by Crippen LogP contribution is 2.41. The topological polar surface area (TPSA) is 50.9 Å². The molecule has 1 saturated heterocycles. The third-order valence-corrected chi connectivity index (χ3v) is 6.17. The molecule has 138 valence electrons. The van der Waals surface area contributed by atoms with Crippen molar-refractivity contribution in [3.05, 3.63) is 84.4 Å². The molecule has 4 aromatic carbocycles. The van der Waals surface area contributed by atoms with Crippen LogP contribution in [-0.4, -0.2) is 11.5 Å². The van der Waals surface area contributed by atoms with Crippen molar-refractivity contribution in [1.29, 1.82) is 0 Å². The minimum absolute atomic E-state index is 0.458. The van der Waals surface area contributed by atoms with Crippen molar-refractivity contribution < 1.29 is 4.42 Å². The van der Waals surface area contributed by atoms with Crippen LogP contribution >= 0.6 is 0 Å². The lowest BCUT2D eigenvalue weighted by Crippen LogP contribution is -1.89. The lowest BCUT2D eigenvalue weighted by atomic mass is 9.95. The molecule has 1 fully saturated rings. The summed E-state index contributed by atoms with van der Waals surface area (Å²) in [7, 11) is 0. The molecule has 7 rings (SSSR count). The Balaban J connectivity index is 1.57. The number of fused-ring (bicyclic) bond motifs is 6. The van der Waals surface area contributed by atoms with Gasteiger partial charge in [0.15, 0.2) is 0 Å². The largest absolute Gasteiger partial charge is 0.456 e.